The zero-order valence-corrected chi connectivity index (χ0v) is 31.9. The molecule has 0 unspecified atom stereocenters. The number of hydroxylamine groups is 2. The molecule has 11 nitrogen and oxygen atoms in total. The Bertz CT molecular complexity index is 2740. The number of piperidine rings is 1. The number of nitrogens with zero attached hydrogens (tertiary/aromatic N) is 4. The number of amides is 2. The van der Waals surface area contributed by atoms with E-state index in [0.717, 1.165) is 53.7 Å². The molecule has 0 atom stereocenters. The summed E-state index contributed by atoms with van der Waals surface area (Å²) in [5, 5.41) is 2.35. The molecule has 0 aromatic heterocycles. The van der Waals surface area contributed by atoms with Gasteiger partial charge < -0.3 is 14.2 Å². The Kier molecular flexibility index (Phi) is 8.56. The lowest BCUT2D eigenvalue weighted by atomic mass is 9.93. The molecule has 2 amide bonds. The minimum Gasteiger partial charge on any atom is -0.456 e. The summed E-state index contributed by atoms with van der Waals surface area (Å²) in [5.41, 5.74) is 8.94. The first kappa shape index (κ1) is 35.3. The van der Waals surface area contributed by atoms with Crippen molar-refractivity contribution in [2.75, 3.05) is 18.0 Å². The lowest BCUT2D eigenvalue weighted by Gasteiger charge is -2.31. The SMILES string of the molecule is O=C(ON1C(=O)CCC1=O)C1CCN(S(=O)(=O)c2ccccc2-c2c3ccc(=[N+]4Cc5ccccc5C4)cc-3oc3cc(N4Cc5ccccc5C4)ccc23)CC1. The Morgan fingerprint density at radius 3 is 2.04 bits per heavy atom. The maximum Gasteiger partial charge on any atom is 0.336 e. The molecule has 0 saturated carbocycles. The minimum atomic E-state index is -4.06. The number of sulfonamides is 1. The third-order valence-corrected chi connectivity index (χ3v) is 13.8. The van der Waals surface area contributed by atoms with Gasteiger partial charge in [0.2, 0.25) is 15.4 Å². The smallest absolute Gasteiger partial charge is 0.336 e. The molecule has 0 spiro atoms. The summed E-state index contributed by atoms with van der Waals surface area (Å²) < 4.78 is 39.8. The van der Waals surface area contributed by atoms with Crippen molar-refractivity contribution in [1.29, 1.82) is 0 Å². The molecule has 4 aromatic rings. The van der Waals surface area contributed by atoms with Gasteiger partial charge >= 0.3 is 5.97 Å². The fraction of sp³-hybridized carbons (Fsp3) is 0.244. The van der Waals surface area contributed by atoms with Crippen LogP contribution in [-0.2, 0) is 55.4 Å². The van der Waals surface area contributed by atoms with E-state index in [1.54, 1.807) is 12.1 Å². The van der Waals surface area contributed by atoms with Gasteiger partial charge in [-0.05, 0) is 48.2 Å². The van der Waals surface area contributed by atoms with Gasteiger partial charge in [0.15, 0.2) is 13.1 Å². The molecule has 286 valence electrons. The number of anilines is 1. The van der Waals surface area contributed by atoms with Crippen molar-refractivity contribution in [1.82, 2.24) is 13.9 Å². The van der Waals surface area contributed by atoms with Crippen LogP contribution in [0.3, 0.4) is 0 Å². The van der Waals surface area contributed by atoms with E-state index in [1.165, 1.54) is 26.6 Å². The molecule has 0 bridgehead atoms. The molecule has 10 rings (SSSR count). The summed E-state index contributed by atoms with van der Waals surface area (Å²) in [4.78, 5) is 44.6. The van der Waals surface area contributed by atoms with Crippen molar-refractivity contribution in [2.24, 2.45) is 5.92 Å². The molecular weight excluding hydrogens is 741 g/mol. The Hall–Kier alpha value is -6.11. The van der Waals surface area contributed by atoms with Crippen LogP contribution in [0.1, 0.15) is 47.9 Å². The molecule has 5 aliphatic heterocycles. The van der Waals surface area contributed by atoms with E-state index in [-0.39, 0.29) is 43.7 Å². The highest BCUT2D eigenvalue weighted by molar-refractivity contribution is 7.89. The number of fused-ring (bicyclic) bond motifs is 4. The van der Waals surface area contributed by atoms with Crippen LogP contribution in [0.5, 0.6) is 0 Å². The van der Waals surface area contributed by atoms with E-state index in [9.17, 15) is 22.8 Å². The van der Waals surface area contributed by atoms with E-state index >= 15 is 0 Å². The van der Waals surface area contributed by atoms with E-state index < -0.39 is 33.7 Å². The molecule has 4 aromatic carbocycles. The number of carbonyl (C=O) groups excluding carboxylic acids is 3. The first-order valence-corrected chi connectivity index (χ1v) is 20.8. The van der Waals surface area contributed by atoms with Crippen molar-refractivity contribution in [3.63, 3.8) is 0 Å². The van der Waals surface area contributed by atoms with Gasteiger partial charge in [-0.25, -0.2) is 17.8 Å². The van der Waals surface area contributed by atoms with Crippen molar-refractivity contribution in [3.05, 3.63) is 137 Å². The van der Waals surface area contributed by atoms with Crippen molar-refractivity contribution in [2.45, 2.75) is 56.8 Å². The lowest BCUT2D eigenvalue weighted by molar-refractivity contribution is -0.201. The van der Waals surface area contributed by atoms with Gasteiger partial charge in [-0.15, -0.1) is 5.06 Å². The second kappa shape index (κ2) is 13.8. The van der Waals surface area contributed by atoms with Crippen LogP contribution in [0.25, 0.3) is 33.4 Å². The van der Waals surface area contributed by atoms with Crippen LogP contribution >= 0.6 is 0 Å². The first-order chi connectivity index (χ1) is 27.7. The predicted octanol–water partition coefficient (Wildman–Crippen LogP) is 6.22. The van der Waals surface area contributed by atoms with Crippen molar-refractivity contribution < 1.29 is 32.1 Å². The molecule has 12 heteroatoms. The van der Waals surface area contributed by atoms with E-state index in [1.807, 2.05) is 24.3 Å². The summed E-state index contributed by atoms with van der Waals surface area (Å²) in [7, 11) is -4.06. The lowest BCUT2D eigenvalue weighted by Crippen LogP contribution is -2.42. The molecule has 2 saturated heterocycles. The monoisotopic (exact) mass is 779 g/mol. The number of imide groups is 1. The largest absolute Gasteiger partial charge is 0.456 e. The van der Waals surface area contributed by atoms with Gasteiger partial charge in [-0.1, -0.05) is 66.7 Å². The van der Waals surface area contributed by atoms with E-state index in [0.29, 0.717) is 22.0 Å². The summed E-state index contributed by atoms with van der Waals surface area (Å²) in [6.07, 6.45) is 0.397. The number of benzene rings is 5. The molecule has 0 radical (unpaired) electrons. The first-order valence-electron chi connectivity index (χ1n) is 19.4. The summed E-state index contributed by atoms with van der Waals surface area (Å²) in [6.45, 7) is 3.29. The normalized spacial score (nSPS) is 17.5. The van der Waals surface area contributed by atoms with Crippen LogP contribution in [-0.4, -0.2) is 48.7 Å². The van der Waals surface area contributed by atoms with Gasteiger partial charge in [0.05, 0.1) is 16.9 Å². The summed E-state index contributed by atoms with van der Waals surface area (Å²) >= 11 is 0. The van der Waals surface area contributed by atoms with Crippen LogP contribution in [0.2, 0.25) is 0 Å². The van der Waals surface area contributed by atoms with Crippen LogP contribution in [0, 0.1) is 5.92 Å². The highest BCUT2D eigenvalue weighted by Gasteiger charge is 2.39. The van der Waals surface area contributed by atoms with Gasteiger partial charge in [0, 0.05) is 90.0 Å². The molecule has 57 heavy (non-hydrogen) atoms. The predicted molar refractivity (Wildman–Crippen MR) is 212 cm³/mol. The maximum atomic E-state index is 14.6. The summed E-state index contributed by atoms with van der Waals surface area (Å²) in [6, 6.07) is 36.3. The topological polar surface area (TPSA) is 120 Å². The Morgan fingerprint density at radius 2 is 1.35 bits per heavy atom. The summed E-state index contributed by atoms with van der Waals surface area (Å²) in [5.74, 6) is -1.79. The van der Waals surface area contributed by atoms with Crippen molar-refractivity contribution in [3.8, 4) is 22.5 Å². The number of hydrogen-bond donors (Lipinski definition) is 0. The fourth-order valence-corrected chi connectivity index (χ4v) is 10.4. The van der Waals surface area contributed by atoms with E-state index in [4.69, 9.17) is 9.25 Å². The average Bonchev–Trinajstić information content (AvgIpc) is 3.96. The zero-order valence-electron chi connectivity index (χ0n) is 31.1. The molecule has 5 heterocycles. The molecule has 6 aliphatic rings. The van der Waals surface area contributed by atoms with E-state index in [2.05, 4.69) is 82.3 Å². The van der Waals surface area contributed by atoms with Crippen LogP contribution in [0.4, 0.5) is 5.69 Å². The highest BCUT2D eigenvalue weighted by atomic mass is 32.2. The minimum absolute atomic E-state index is 0.00505. The Labute approximate surface area is 329 Å². The second-order valence-corrected chi connectivity index (χ2v) is 17.2. The quantitative estimate of drug-likeness (QED) is 0.111. The number of rotatable bonds is 6. The number of carbonyl (C=O) groups is 3. The third kappa shape index (κ3) is 6.20. The highest BCUT2D eigenvalue weighted by Crippen LogP contribution is 2.44. The Balaban J connectivity index is 1.04. The standard InChI is InChI=1S/C45H39N4O7S/c50-42-17-18-43(51)49(42)56-45(52)29-19-21-48(22-20-29)57(53,54)41-12-6-5-11-38(41)44-36-15-13-34(46-25-30-7-1-2-8-31(30)26-46)23-39(36)55-40-24-35(14-16-37(40)44)47-27-32-9-3-4-10-33(32)28-47/h1-16,23-24,29H,17-22,25-28H2/q+1. The third-order valence-electron chi connectivity index (χ3n) is 11.8. The second-order valence-electron chi connectivity index (χ2n) is 15.3. The zero-order chi connectivity index (χ0) is 38.8. The molecule has 1 aliphatic carbocycles. The van der Waals surface area contributed by atoms with Gasteiger partial charge in [-0.3, -0.25) is 9.59 Å². The fourth-order valence-electron chi connectivity index (χ4n) is 8.77. The average molecular weight is 780 g/mol. The van der Waals surface area contributed by atoms with Gasteiger partial charge in [0.1, 0.15) is 11.3 Å². The number of hydrogen-bond acceptors (Lipinski definition) is 8. The van der Waals surface area contributed by atoms with Crippen molar-refractivity contribution >= 4 is 44.5 Å². The van der Waals surface area contributed by atoms with Gasteiger partial charge in [-0.2, -0.15) is 4.31 Å². The maximum absolute atomic E-state index is 14.6. The van der Waals surface area contributed by atoms with Crippen LogP contribution in [0.15, 0.2) is 119 Å². The van der Waals surface area contributed by atoms with Crippen LogP contribution < -0.4 is 14.8 Å². The molecule has 2 fully saturated rings. The Morgan fingerprint density at radius 1 is 0.719 bits per heavy atom. The molecular formula is C45H39N4O7S+. The molecule has 0 N–H and O–H groups in total. The van der Waals surface area contributed by atoms with Gasteiger partial charge in [0.25, 0.3) is 11.8 Å².